The number of hydrogen-bond donors (Lipinski definition) is 0. The number of halogens is 2. The lowest BCUT2D eigenvalue weighted by atomic mass is 10.2. The fourth-order valence-electron chi connectivity index (χ4n) is 2.45. The van der Waals surface area contributed by atoms with E-state index >= 15 is 0 Å². The van der Waals surface area contributed by atoms with Gasteiger partial charge in [-0.1, -0.05) is 24.3 Å². The Morgan fingerprint density at radius 1 is 1.16 bits per heavy atom. The Balaban J connectivity index is 1.88. The Morgan fingerprint density at radius 3 is 2.56 bits per heavy atom. The largest absolute Gasteiger partial charge is 0.435 e. The van der Waals surface area contributed by atoms with E-state index in [1.807, 2.05) is 47.9 Å². The SMILES string of the molecule is CN(C)/C=N\c1nn(Cc2ccc(OC(F)F)cc2)c2ccccc12. The lowest BCUT2D eigenvalue weighted by Crippen LogP contribution is -2.07. The summed E-state index contributed by atoms with van der Waals surface area (Å²) in [6.07, 6.45) is 1.70. The maximum atomic E-state index is 12.2. The summed E-state index contributed by atoms with van der Waals surface area (Å²) in [7, 11) is 3.79. The summed E-state index contributed by atoms with van der Waals surface area (Å²) in [6.45, 7) is -2.31. The van der Waals surface area contributed by atoms with Gasteiger partial charge >= 0.3 is 6.61 Å². The Bertz CT molecular complexity index is 872. The van der Waals surface area contributed by atoms with Crippen molar-refractivity contribution in [3.8, 4) is 5.75 Å². The first-order valence-corrected chi connectivity index (χ1v) is 7.73. The third-order valence-corrected chi connectivity index (χ3v) is 3.53. The number of hydrogen-bond acceptors (Lipinski definition) is 3. The molecule has 0 aliphatic rings. The number of ether oxygens (including phenoxy) is 1. The average Bonchev–Trinajstić information content (AvgIpc) is 2.92. The van der Waals surface area contributed by atoms with Gasteiger partial charge in [-0.2, -0.15) is 13.9 Å². The van der Waals surface area contributed by atoms with Crippen molar-refractivity contribution in [3.63, 3.8) is 0 Å². The van der Waals surface area contributed by atoms with Crippen LogP contribution >= 0.6 is 0 Å². The molecule has 0 saturated heterocycles. The Labute approximate surface area is 144 Å². The minimum Gasteiger partial charge on any atom is -0.435 e. The summed E-state index contributed by atoms with van der Waals surface area (Å²) in [5.41, 5.74) is 1.89. The van der Waals surface area contributed by atoms with Crippen LogP contribution in [0.25, 0.3) is 10.9 Å². The molecule has 5 nitrogen and oxygen atoms in total. The molecule has 0 aliphatic heterocycles. The van der Waals surface area contributed by atoms with Crippen LogP contribution < -0.4 is 4.74 Å². The maximum Gasteiger partial charge on any atom is 0.387 e. The first kappa shape index (κ1) is 16.9. The van der Waals surface area contributed by atoms with Gasteiger partial charge < -0.3 is 9.64 Å². The minimum atomic E-state index is -2.82. The summed E-state index contributed by atoms with van der Waals surface area (Å²) < 4.78 is 30.7. The zero-order valence-electron chi connectivity index (χ0n) is 13.9. The number of rotatable bonds is 6. The van der Waals surface area contributed by atoms with Crippen LogP contribution in [0.2, 0.25) is 0 Å². The molecule has 0 saturated carbocycles. The monoisotopic (exact) mass is 344 g/mol. The molecular weight excluding hydrogens is 326 g/mol. The van der Waals surface area contributed by atoms with Crippen molar-refractivity contribution in [2.75, 3.05) is 14.1 Å². The van der Waals surface area contributed by atoms with Gasteiger partial charge in [-0.05, 0) is 29.8 Å². The van der Waals surface area contributed by atoms with E-state index in [-0.39, 0.29) is 5.75 Å². The third kappa shape index (κ3) is 4.12. The predicted molar refractivity (Wildman–Crippen MR) is 93.7 cm³/mol. The fraction of sp³-hybridized carbons (Fsp3) is 0.222. The van der Waals surface area contributed by atoms with Gasteiger partial charge in [-0.15, -0.1) is 0 Å². The fourth-order valence-corrected chi connectivity index (χ4v) is 2.45. The molecule has 7 heteroatoms. The van der Waals surface area contributed by atoms with Crippen molar-refractivity contribution >= 4 is 23.1 Å². The molecule has 0 fully saturated rings. The minimum absolute atomic E-state index is 0.139. The van der Waals surface area contributed by atoms with Crippen LogP contribution in [0, 0.1) is 0 Å². The standard InChI is InChI=1S/C18H18F2N4O/c1-23(2)12-21-17-15-5-3-4-6-16(15)24(22-17)11-13-7-9-14(10-8-13)25-18(19)20/h3-10,12,18H,11H2,1-2H3/b21-12-. The number of aromatic nitrogens is 2. The first-order valence-electron chi connectivity index (χ1n) is 7.73. The lowest BCUT2D eigenvalue weighted by molar-refractivity contribution is -0.0498. The molecule has 0 atom stereocenters. The van der Waals surface area contributed by atoms with Gasteiger partial charge in [0.1, 0.15) is 5.75 Å². The molecule has 0 aliphatic carbocycles. The molecule has 25 heavy (non-hydrogen) atoms. The Kier molecular flexibility index (Phi) is 4.92. The van der Waals surface area contributed by atoms with Crippen LogP contribution in [0.5, 0.6) is 5.75 Å². The van der Waals surface area contributed by atoms with Crippen molar-refractivity contribution in [1.29, 1.82) is 0 Å². The average molecular weight is 344 g/mol. The van der Waals surface area contributed by atoms with Gasteiger partial charge in [0.2, 0.25) is 0 Å². The van der Waals surface area contributed by atoms with Crippen LogP contribution in [0.15, 0.2) is 53.5 Å². The second-order valence-corrected chi connectivity index (χ2v) is 5.73. The maximum absolute atomic E-state index is 12.2. The highest BCUT2D eigenvalue weighted by Gasteiger charge is 2.10. The Hall–Kier alpha value is -2.96. The molecule has 0 bridgehead atoms. The van der Waals surface area contributed by atoms with Crippen LogP contribution in [0.4, 0.5) is 14.6 Å². The Morgan fingerprint density at radius 2 is 1.88 bits per heavy atom. The zero-order valence-corrected chi connectivity index (χ0v) is 13.9. The van der Waals surface area contributed by atoms with Crippen molar-refractivity contribution in [2.45, 2.75) is 13.2 Å². The van der Waals surface area contributed by atoms with E-state index in [0.29, 0.717) is 12.4 Å². The van der Waals surface area contributed by atoms with E-state index in [4.69, 9.17) is 0 Å². The molecule has 1 heterocycles. The molecule has 0 radical (unpaired) electrons. The van der Waals surface area contributed by atoms with Gasteiger partial charge in [-0.25, -0.2) is 4.99 Å². The normalized spacial score (nSPS) is 11.6. The van der Waals surface area contributed by atoms with E-state index in [1.165, 1.54) is 12.1 Å². The molecule has 0 N–H and O–H groups in total. The number of para-hydroxylation sites is 1. The van der Waals surface area contributed by atoms with Crippen LogP contribution in [-0.4, -0.2) is 41.7 Å². The number of benzene rings is 2. The van der Waals surface area contributed by atoms with Gasteiger partial charge in [0.25, 0.3) is 0 Å². The smallest absolute Gasteiger partial charge is 0.387 e. The molecule has 0 unspecified atom stereocenters. The highest BCUT2D eigenvalue weighted by atomic mass is 19.3. The summed E-state index contributed by atoms with van der Waals surface area (Å²) in [4.78, 5) is 6.25. The summed E-state index contributed by atoms with van der Waals surface area (Å²) in [5.74, 6) is 0.780. The van der Waals surface area contributed by atoms with Crippen molar-refractivity contribution in [1.82, 2.24) is 14.7 Å². The molecule has 0 amide bonds. The van der Waals surface area contributed by atoms with E-state index in [0.717, 1.165) is 16.5 Å². The van der Waals surface area contributed by atoms with Crippen molar-refractivity contribution in [2.24, 2.45) is 4.99 Å². The molecule has 3 rings (SSSR count). The molecule has 3 aromatic rings. The highest BCUT2D eigenvalue weighted by molar-refractivity contribution is 5.90. The van der Waals surface area contributed by atoms with Gasteiger partial charge in [-0.3, -0.25) is 4.68 Å². The zero-order chi connectivity index (χ0) is 17.8. The second-order valence-electron chi connectivity index (χ2n) is 5.73. The summed E-state index contributed by atoms with van der Waals surface area (Å²) in [5, 5.41) is 5.52. The summed E-state index contributed by atoms with van der Waals surface area (Å²) in [6, 6.07) is 14.4. The topological polar surface area (TPSA) is 42.7 Å². The highest BCUT2D eigenvalue weighted by Crippen LogP contribution is 2.26. The van der Waals surface area contributed by atoms with Gasteiger partial charge in [0, 0.05) is 19.5 Å². The number of nitrogens with zero attached hydrogens (tertiary/aromatic N) is 4. The van der Waals surface area contributed by atoms with Crippen LogP contribution in [0.3, 0.4) is 0 Å². The van der Waals surface area contributed by atoms with Gasteiger partial charge in [0.05, 0.1) is 18.4 Å². The molecule has 130 valence electrons. The van der Waals surface area contributed by atoms with Gasteiger partial charge in [0.15, 0.2) is 5.82 Å². The predicted octanol–water partition coefficient (Wildman–Crippen LogP) is 3.91. The van der Waals surface area contributed by atoms with Crippen LogP contribution in [-0.2, 0) is 6.54 Å². The van der Waals surface area contributed by atoms with E-state index < -0.39 is 6.61 Å². The molecule has 1 aromatic heterocycles. The quantitative estimate of drug-likeness (QED) is 0.503. The molecular formula is C18H18F2N4O. The number of aliphatic imine (C=N–C) groups is 1. The van der Waals surface area contributed by atoms with E-state index in [9.17, 15) is 8.78 Å². The third-order valence-electron chi connectivity index (χ3n) is 3.53. The molecule has 2 aromatic carbocycles. The first-order chi connectivity index (χ1) is 12.0. The number of fused-ring (bicyclic) bond motifs is 1. The number of alkyl halides is 2. The van der Waals surface area contributed by atoms with E-state index in [2.05, 4.69) is 14.8 Å². The van der Waals surface area contributed by atoms with Crippen LogP contribution in [0.1, 0.15) is 5.56 Å². The van der Waals surface area contributed by atoms with Crippen molar-refractivity contribution in [3.05, 3.63) is 54.1 Å². The van der Waals surface area contributed by atoms with Crippen molar-refractivity contribution < 1.29 is 13.5 Å². The van der Waals surface area contributed by atoms with E-state index in [1.54, 1.807) is 18.5 Å². The lowest BCUT2D eigenvalue weighted by Gasteiger charge is -2.07. The summed E-state index contributed by atoms with van der Waals surface area (Å²) >= 11 is 0. The molecule has 0 spiro atoms. The second kappa shape index (κ2) is 7.29.